The summed E-state index contributed by atoms with van der Waals surface area (Å²) in [7, 11) is 0. The summed E-state index contributed by atoms with van der Waals surface area (Å²) in [5.74, 6) is -1.81. The number of carboxylic acid groups (broad SMARTS) is 1. The number of nitrogens with two attached hydrogens (primary N) is 1. The van der Waals surface area contributed by atoms with Crippen LogP contribution in [0.3, 0.4) is 0 Å². The summed E-state index contributed by atoms with van der Waals surface area (Å²) in [6.07, 6.45) is -0.0320. The smallest absolute Gasteiger partial charge is 0.305 e. The van der Waals surface area contributed by atoms with Crippen LogP contribution in [0.15, 0.2) is 24.3 Å². The van der Waals surface area contributed by atoms with Gasteiger partial charge in [-0.25, -0.2) is 0 Å². The van der Waals surface area contributed by atoms with Crippen molar-refractivity contribution in [2.24, 2.45) is 11.7 Å². The fourth-order valence-corrected chi connectivity index (χ4v) is 2.42. The highest BCUT2D eigenvalue weighted by Gasteiger charge is 2.21. The molecule has 2 atom stereocenters. The third-order valence-electron chi connectivity index (χ3n) is 3.98. The second-order valence-corrected chi connectivity index (χ2v) is 6.90. The maximum atomic E-state index is 12.1. The first-order valence-electron chi connectivity index (χ1n) is 8.48. The predicted molar refractivity (Wildman–Crippen MR) is 99.9 cm³/mol. The van der Waals surface area contributed by atoms with E-state index >= 15 is 0 Å². The Kier molecular flexibility index (Phi) is 9.09. The molecule has 0 heterocycles. The molecule has 1 unspecified atom stereocenters. The molecule has 0 spiro atoms. The normalized spacial score (nSPS) is 13.1. The molecule has 0 aliphatic rings. The largest absolute Gasteiger partial charge is 0.481 e. The van der Waals surface area contributed by atoms with E-state index in [1.165, 1.54) is 0 Å². The molecule has 0 bridgehead atoms. The molecule has 0 aromatic heterocycles. The lowest BCUT2D eigenvalue weighted by atomic mass is 9.94. The average Bonchev–Trinajstić information content (AvgIpc) is 2.57. The number of benzene rings is 1. The molecule has 0 saturated carbocycles. The van der Waals surface area contributed by atoms with Crippen molar-refractivity contribution in [1.82, 2.24) is 10.6 Å². The standard InChI is InChI=1S/C18H26ClN3O4/c1-11(2)17(20)18(26)22-10-13(12-3-5-14(19)6-4-12)9-15(23)21-8-7-16(24)25/h3-6,11,13,17H,7-10,20H2,1-2H3,(H,21,23)(H,22,26)(H,24,25)/t13?,17-/m0/s1. The van der Waals surface area contributed by atoms with Gasteiger partial charge in [-0.3, -0.25) is 14.4 Å². The van der Waals surface area contributed by atoms with Gasteiger partial charge in [0, 0.05) is 30.5 Å². The second-order valence-electron chi connectivity index (χ2n) is 6.46. The van der Waals surface area contributed by atoms with Crippen LogP contribution in [0.25, 0.3) is 0 Å². The number of carboxylic acids is 1. The topological polar surface area (TPSA) is 122 Å². The molecule has 0 radical (unpaired) electrons. The van der Waals surface area contributed by atoms with Gasteiger partial charge in [-0.15, -0.1) is 0 Å². The monoisotopic (exact) mass is 383 g/mol. The van der Waals surface area contributed by atoms with Crippen molar-refractivity contribution in [3.63, 3.8) is 0 Å². The second kappa shape index (κ2) is 10.8. The summed E-state index contributed by atoms with van der Waals surface area (Å²) in [6.45, 7) is 4.02. The third-order valence-corrected chi connectivity index (χ3v) is 4.23. The lowest BCUT2D eigenvalue weighted by molar-refractivity contribution is -0.137. The Labute approximate surface area is 158 Å². The Morgan fingerprint density at radius 1 is 1.15 bits per heavy atom. The van der Waals surface area contributed by atoms with Crippen LogP contribution in [0, 0.1) is 5.92 Å². The van der Waals surface area contributed by atoms with Crippen LogP contribution in [-0.4, -0.2) is 42.0 Å². The minimum absolute atomic E-state index is 0.00305. The number of carbonyl (C=O) groups is 3. The van der Waals surface area contributed by atoms with Crippen LogP contribution in [-0.2, 0) is 14.4 Å². The summed E-state index contributed by atoms with van der Waals surface area (Å²) >= 11 is 5.90. The van der Waals surface area contributed by atoms with Crippen molar-refractivity contribution >= 4 is 29.4 Å². The van der Waals surface area contributed by atoms with E-state index in [-0.39, 0.29) is 49.6 Å². The zero-order valence-electron chi connectivity index (χ0n) is 15.0. The maximum absolute atomic E-state index is 12.1. The van der Waals surface area contributed by atoms with Crippen LogP contribution in [0.5, 0.6) is 0 Å². The Hall–Kier alpha value is -2.12. The Morgan fingerprint density at radius 2 is 1.77 bits per heavy atom. The van der Waals surface area contributed by atoms with Gasteiger partial charge >= 0.3 is 5.97 Å². The van der Waals surface area contributed by atoms with Gasteiger partial charge in [0.15, 0.2) is 0 Å². The number of hydrogen-bond donors (Lipinski definition) is 4. The van der Waals surface area contributed by atoms with E-state index in [1.807, 2.05) is 13.8 Å². The maximum Gasteiger partial charge on any atom is 0.305 e. The first kappa shape index (κ1) is 21.9. The summed E-state index contributed by atoms with van der Waals surface area (Å²) in [5, 5.41) is 14.6. The van der Waals surface area contributed by atoms with E-state index < -0.39 is 12.0 Å². The van der Waals surface area contributed by atoms with Gasteiger partial charge in [-0.05, 0) is 23.6 Å². The van der Waals surface area contributed by atoms with Gasteiger partial charge in [0.1, 0.15) is 0 Å². The van der Waals surface area contributed by atoms with E-state index in [1.54, 1.807) is 24.3 Å². The summed E-state index contributed by atoms with van der Waals surface area (Å²) in [5.41, 5.74) is 6.68. The molecule has 2 amide bonds. The lowest BCUT2D eigenvalue weighted by Gasteiger charge is -2.21. The van der Waals surface area contributed by atoms with Gasteiger partial charge in [-0.1, -0.05) is 37.6 Å². The number of hydrogen-bond acceptors (Lipinski definition) is 4. The summed E-state index contributed by atoms with van der Waals surface area (Å²) < 4.78 is 0. The van der Waals surface area contributed by atoms with Crippen LogP contribution >= 0.6 is 11.6 Å². The highest BCUT2D eigenvalue weighted by Crippen LogP contribution is 2.21. The Morgan fingerprint density at radius 3 is 2.31 bits per heavy atom. The Balaban J connectivity index is 2.73. The van der Waals surface area contributed by atoms with Crippen molar-refractivity contribution in [3.05, 3.63) is 34.9 Å². The molecular weight excluding hydrogens is 358 g/mol. The fraction of sp³-hybridized carbons (Fsp3) is 0.500. The minimum atomic E-state index is -0.977. The van der Waals surface area contributed by atoms with Crippen molar-refractivity contribution in [2.75, 3.05) is 13.1 Å². The van der Waals surface area contributed by atoms with Gasteiger partial charge < -0.3 is 21.5 Å². The summed E-state index contributed by atoms with van der Waals surface area (Å²) in [4.78, 5) is 34.7. The SMILES string of the molecule is CC(C)[C@H](N)C(=O)NCC(CC(=O)NCCC(=O)O)c1ccc(Cl)cc1. The fourth-order valence-electron chi connectivity index (χ4n) is 2.29. The molecule has 144 valence electrons. The number of nitrogens with one attached hydrogen (secondary N) is 2. The molecule has 0 fully saturated rings. The van der Waals surface area contributed by atoms with Gasteiger partial charge in [-0.2, -0.15) is 0 Å². The van der Waals surface area contributed by atoms with Crippen molar-refractivity contribution in [1.29, 1.82) is 0 Å². The highest BCUT2D eigenvalue weighted by molar-refractivity contribution is 6.30. The Bertz CT molecular complexity index is 619. The molecule has 0 aliphatic heterocycles. The molecule has 1 aromatic rings. The number of rotatable bonds is 10. The molecule has 7 nitrogen and oxygen atoms in total. The average molecular weight is 384 g/mol. The van der Waals surface area contributed by atoms with Gasteiger partial charge in [0.25, 0.3) is 0 Å². The number of halogens is 1. The third kappa shape index (κ3) is 7.84. The van der Waals surface area contributed by atoms with Crippen molar-refractivity contribution in [3.8, 4) is 0 Å². The zero-order valence-corrected chi connectivity index (χ0v) is 15.8. The lowest BCUT2D eigenvalue weighted by Crippen LogP contribution is -2.45. The highest BCUT2D eigenvalue weighted by atomic mass is 35.5. The van der Waals surface area contributed by atoms with Crippen LogP contribution in [0.2, 0.25) is 5.02 Å². The molecule has 0 aliphatic carbocycles. The predicted octanol–water partition coefficient (Wildman–Crippen LogP) is 1.50. The van der Waals surface area contributed by atoms with Gasteiger partial charge in [0.05, 0.1) is 12.5 Å². The van der Waals surface area contributed by atoms with E-state index in [0.717, 1.165) is 5.56 Å². The minimum Gasteiger partial charge on any atom is -0.481 e. The van der Waals surface area contributed by atoms with Crippen LogP contribution in [0.4, 0.5) is 0 Å². The molecule has 1 rings (SSSR count). The number of amides is 2. The number of carbonyl (C=O) groups excluding carboxylic acids is 2. The van der Waals surface area contributed by atoms with E-state index in [2.05, 4.69) is 10.6 Å². The molecule has 0 saturated heterocycles. The molecule has 8 heteroatoms. The van der Waals surface area contributed by atoms with E-state index in [4.69, 9.17) is 22.4 Å². The van der Waals surface area contributed by atoms with Crippen LogP contribution < -0.4 is 16.4 Å². The molecular formula is C18H26ClN3O4. The first-order valence-corrected chi connectivity index (χ1v) is 8.85. The molecule has 5 N–H and O–H groups in total. The van der Waals surface area contributed by atoms with Crippen LogP contribution in [0.1, 0.15) is 38.2 Å². The van der Waals surface area contributed by atoms with Gasteiger partial charge in [0.2, 0.25) is 11.8 Å². The zero-order chi connectivity index (χ0) is 19.7. The number of aliphatic carboxylic acids is 1. The van der Waals surface area contributed by atoms with Crippen molar-refractivity contribution < 1.29 is 19.5 Å². The van der Waals surface area contributed by atoms with E-state index in [9.17, 15) is 14.4 Å². The van der Waals surface area contributed by atoms with Crippen molar-refractivity contribution in [2.45, 2.75) is 38.6 Å². The van der Waals surface area contributed by atoms with E-state index in [0.29, 0.717) is 5.02 Å². The molecule has 26 heavy (non-hydrogen) atoms. The summed E-state index contributed by atoms with van der Waals surface area (Å²) in [6, 6.07) is 6.41. The molecule has 1 aromatic carbocycles. The first-order chi connectivity index (χ1) is 12.2. The quantitative estimate of drug-likeness (QED) is 0.488.